The Kier molecular flexibility index (Phi) is 6.18. The summed E-state index contributed by atoms with van der Waals surface area (Å²) in [6.45, 7) is 0. The summed E-state index contributed by atoms with van der Waals surface area (Å²) >= 11 is 0. The predicted molar refractivity (Wildman–Crippen MR) is 85.7 cm³/mol. The van der Waals surface area contributed by atoms with Crippen LogP contribution in [-0.2, 0) is 15.5 Å². The maximum Gasteiger partial charge on any atom is 0.303 e. The Balaban J connectivity index is 1.96. The second-order valence-corrected chi connectivity index (χ2v) is 8.04. The van der Waals surface area contributed by atoms with Crippen molar-refractivity contribution in [2.75, 3.05) is 0 Å². The van der Waals surface area contributed by atoms with E-state index >= 15 is 0 Å². The molecule has 0 bridgehead atoms. The fourth-order valence-electron chi connectivity index (χ4n) is 3.17. The van der Waals surface area contributed by atoms with Crippen LogP contribution in [0.25, 0.3) is 0 Å². The normalized spacial score (nSPS) is 24.6. The van der Waals surface area contributed by atoms with Gasteiger partial charge in [0, 0.05) is 12.5 Å². The smallest absolute Gasteiger partial charge is 0.303 e. The summed E-state index contributed by atoms with van der Waals surface area (Å²) in [7, 11) is -3.47. The van der Waals surface area contributed by atoms with Crippen molar-refractivity contribution in [1.82, 2.24) is 5.09 Å². The molecule has 1 aliphatic carbocycles. The molecule has 0 spiro atoms. The van der Waals surface area contributed by atoms with Gasteiger partial charge in [-0.05, 0) is 30.7 Å². The van der Waals surface area contributed by atoms with E-state index in [0.29, 0.717) is 6.42 Å². The first-order valence-corrected chi connectivity index (χ1v) is 9.66. The van der Waals surface area contributed by atoms with Crippen LogP contribution < -0.4 is 5.09 Å². The second-order valence-electron chi connectivity index (χ2n) is 6.06. The summed E-state index contributed by atoms with van der Waals surface area (Å²) in [6.07, 6.45) is 4.65. The quantitative estimate of drug-likeness (QED) is 0.669. The van der Waals surface area contributed by atoms with Gasteiger partial charge in [0.2, 0.25) is 0 Å². The highest BCUT2D eigenvalue weighted by Crippen LogP contribution is 2.43. The first-order chi connectivity index (χ1) is 10.5. The molecule has 0 heterocycles. The molecule has 0 amide bonds. The summed E-state index contributed by atoms with van der Waals surface area (Å²) in [6, 6.07) is 9.20. The van der Waals surface area contributed by atoms with Crippen molar-refractivity contribution in [3.63, 3.8) is 0 Å². The van der Waals surface area contributed by atoms with Crippen molar-refractivity contribution in [3.8, 4) is 0 Å². The minimum Gasteiger partial charge on any atom is -0.481 e. The van der Waals surface area contributed by atoms with E-state index in [4.69, 9.17) is 5.11 Å². The lowest BCUT2D eigenvalue weighted by Gasteiger charge is -2.33. The van der Waals surface area contributed by atoms with E-state index in [1.54, 1.807) is 0 Å². The molecule has 6 heteroatoms. The van der Waals surface area contributed by atoms with Crippen LogP contribution in [0.15, 0.2) is 30.3 Å². The van der Waals surface area contributed by atoms with Gasteiger partial charge in [-0.1, -0.05) is 43.2 Å². The molecule has 1 saturated carbocycles. The SMILES string of the molecule is O=C(O)CCC1CCCCC1NP(=O)(O)Cc1ccccc1. The van der Waals surface area contributed by atoms with Crippen LogP contribution in [0.1, 0.15) is 44.1 Å². The number of aliphatic carboxylic acids is 1. The number of carboxylic acid groups (broad SMARTS) is 1. The molecular weight excluding hydrogens is 301 g/mol. The van der Waals surface area contributed by atoms with E-state index < -0.39 is 13.5 Å². The molecule has 1 aromatic carbocycles. The minimum atomic E-state index is -3.47. The zero-order chi connectivity index (χ0) is 16.0. The second kappa shape index (κ2) is 7.91. The zero-order valence-corrected chi connectivity index (χ0v) is 13.5. The maximum atomic E-state index is 12.5. The van der Waals surface area contributed by atoms with Crippen molar-refractivity contribution in [3.05, 3.63) is 35.9 Å². The number of hydrogen-bond donors (Lipinski definition) is 3. The molecule has 122 valence electrons. The molecule has 2 rings (SSSR count). The lowest BCUT2D eigenvalue weighted by atomic mass is 9.82. The first kappa shape index (κ1) is 17.2. The van der Waals surface area contributed by atoms with E-state index in [2.05, 4.69) is 5.09 Å². The lowest BCUT2D eigenvalue weighted by Crippen LogP contribution is -2.37. The third-order valence-corrected chi connectivity index (χ3v) is 5.77. The highest BCUT2D eigenvalue weighted by molar-refractivity contribution is 7.55. The molecule has 0 saturated heterocycles. The summed E-state index contributed by atoms with van der Waals surface area (Å²) in [4.78, 5) is 21.0. The van der Waals surface area contributed by atoms with Gasteiger partial charge in [0.1, 0.15) is 0 Å². The van der Waals surface area contributed by atoms with Gasteiger partial charge in [-0.25, -0.2) is 5.09 Å². The van der Waals surface area contributed by atoms with E-state index in [9.17, 15) is 14.3 Å². The van der Waals surface area contributed by atoms with E-state index in [1.807, 2.05) is 30.3 Å². The fraction of sp³-hybridized carbons (Fsp3) is 0.562. The highest BCUT2D eigenvalue weighted by atomic mass is 31.2. The molecule has 1 aromatic rings. The molecule has 1 fully saturated rings. The van der Waals surface area contributed by atoms with Gasteiger partial charge in [0.25, 0.3) is 7.52 Å². The lowest BCUT2D eigenvalue weighted by molar-refractivity contribution is -0.137. The van der Waals surface area contributed by atoms with Crippen molar-refractivity contribution < 1.29 is 19.4 Å². The molecule has 3 N–H and O–H groups in total. The number of carboxylic acids is 1. The molecule has 3 atom stereocenters. The average molecular weight is 325 g/mol. The van der Waals surface area contributed by atoms with Crippen LogP contribution in [0.5, 0.6) is 0 Å². The monoisotopic (exact) mass is 325 g/mol. The Morgan fingerprint density at radius 3 is 2.59 bits per heavy atom. The van der Waals surface area contributed by atoms with E-state index in [0.717, 1.165) is 31.2 Å². The molecule has 3 unspecified atom stereocenters. The summed E-state index contributed by atoms with van der Waals surface area (Å²) in [5.74, 6) is -0.637. The number of hydrogen-bond acceptors (Lipinski definition) is 2. The molecule has 0 aromatic heterocycles. The van der Waals surface area contributed by atoms with Crippen molar-refractivity contribution in [2.45, 2.75) is 50.7 Å². The topological polar surface area (TPSA) is 86.6 Å². The largest absolute Gasteiger partial charge is 0.481 e. The number of rotatable bonds is 7. The van der Waals surface area contributed by atoms with Crippen LogP contribution >= 0.6 is 7.52 Å². The van der Waals surface area contributed by atoms with Crippen LogP contribution in [0.4, 0.5) is 0 Å². The van der Waals surface area contributed by atoms with Gasteiger partial charge in [-0.15, -0.1) is 0 Å². The van der Waals surface area contributed by atoms with Crippen LogP contribution in [0.2, 0.25) is 0 Å². The number of nitrogens with one attached hydrogen (secondary N) is 1. The fourth-order valence-corrected chi connectivity index (χ4v) is 4.82. The van der Waals surface area contributed by atoms with Gasteiger partial charge in [-0.3, -0.25) is 9.36 Å². The molecule has 0 radical (unpaired) electrons. The van der Waals surface area contributed by atoms with Gasteiger partial charge in [0.05, 0.1) is 6.16 Å². The van der Waals surface area contributed by atoms with Crippen molar-refractivity contribution in [2.24, 2.45) is 5.92 Å². The Bertz CT molecular complexity index is 534. The van der Waals surface area contributed by atoms with Crippen LogP contribution in [0.3, 0.4) is 0 Å². The van der Waals surface area contributed by atoms with Crippen LogP contribution in [-0.4, -0.2) is 22.0 Å². The third kappa shape index (κ3) is 5.56. The van der Waals surface area contributed by atoms with E-state index in [-0.39, 0.29) is 24.5 Å². The van der Waals surface area contributed by atoms with Gasteiger partial charge in [-0.2, -0.15) is 0 Å². The Morgan fingerprint density at radius 1 is 1.23 bits per heavy atom. The third-order valence-electron chi connectivity index (χ3n) is 4.25. The number of carbonyl (C=O) groups is 1. The Hall–Kier alpha value is -1.16. The summed E-state index contributed by atoms with van der Waals surface area (Å²) in [5.41, 5.74) is 0.832. The molecule has 1 aliphatic rings. The average Bonchev–Trinajstić information content (AvgIpc) is 2.46. The summed E-state index contributed by atoms with van der Waals surface area (Å²) in [5, 5.41) is 11.8. The highest BCUT2D eigenvalue weighted by Gasteiger charge is 2.31. The van der Waals surface area contributed by atoms with Crippen molar-refractivity contribution >= 4 is 13.5 Å². The molecule has 5 nitrogen and oxygen atoms in total. The van der Waals surface area contributed by atoms with Gasteiger partial charge >= 0.3 is 5.97 Å². The van der Waals surface area contributed by atoms with Gasteiger partial charge < -0.3 is 10.00 Å². The van der Waals surface area contributed by atoms with Crippen molar-refractivity contribution in [1.29, 1.82) is 0 Å². The summed E-state index contributed by atoms with van der Waals surface area (Å²) < 4.78 is 12.5. The molecular formula is C16H24NO4P. The molecule has 0 aliphatic heterocycles. The zero-order valence-electron chi connectivity index (χ0n) is 12.6. The molecule has 22 heavy (non-hydrogen) atoms. The predicted octanol–water partition coefficient (Wildman–Crippen LogP) is 3.39. The van der Waals surface area contributed by atoms with Gasteiger partial charge in [0.15, 0.2) is 0 Å². The Labute approximate surface area is 131 Å². The maximum absolute atomic E-state index is 12.5. The Morgan fingerprint density at radius 2 is 1.91 bits per heavy atom. The number of benzene rings is 1. The van der Waals surface area contributed by atoms with Crippen LogP contribution in [0, 0.1) is 5.92 Å². The first-order valence-electron chi connectivity index (χ1n) is 7.81. The van der Waals surface area contributed by atoms with E-state index in [1.165, 1.54) is 0 Å². The standard InChI is InChI=1S/C16H24NO4P/c18-16(19)11-10-14-8-4-5-9-15(14)17-22(20,21)12-13-6-2-1-3-7-13/h1-3,6-7,14-15H,4-5,8-12H2,(H,18,19)(H2,17,20,21). The minimum absolute atomic E-state index is 0.0624.